The van der Waals surface area contributed by atoms with Gasteiger partial charge in [-0.15, -0.1) is 11.8 Å². The van der Waals surface area contributed by atoms with E-state index in [9.17, 15) is 4.79 Å². The molecule has 5 nitrogen and oxygen atoms in total. The number of benzene rings is 3. The zero-order chi connectivity index (χ0) is 22.2. The van der Waals surface area contributed by atoms with Crippen molar-refractivity contribution in [1.82, 2.24) is 20.1 Å². The molecule has 1 aromatic heterocycles. The van der Waals surface area contributed by atoms with Gasteiger partial charge in [-0.25, -0.2) is 9.67 Å². The highest BCUT2D eigenvalue weighted by molar-refractivity contribution is 8.00. The van der Waals surface area contributed by atoms with Crippen LogP contribution in [0.5, 0.6) is 0 Å². The van der Waals surface area contributed by atoms with Gasteiger partial charge in [0, 0.05) is 11.6 Å². The molecule has 0 radical (unpaired) electrons. The summed E-state index contributed by atoms with van der Waals surface area (Å²) in [5.74, 6) is 0.378. The summed E-state index contributed by atoms with van der Waals surface area (Å²) in [6.07, 6.45) is 3.22. The predicted molar refractivity (Wildman–Crippen MR) is 130 cm³/mol. The Kier molecular flexibility index (Phi) is 7.59. The van der Waals surface area contributed by atoms with E-state index in [-0.39, 0.29) is 11.2 Å². The lowest BCUT2D eigenvalue weighted by Gasteiger charge is -2.18. The van der Waals surface area contributed by atoms with Crippen LogP contribution >= 0.6 is 23.4 Å². The van der Waals surface area contributed by atoms with Crippen molar-refractivity contribution in [3.63, 3.8) is 0 Å². The predicted octanol–water partition coefficient (Wildman–Crippen LogP) is 5.12. The van der Waals surface area contributed by atoms with Gasteiger partial charge in [0.25, 0.3) is 0 Å². The van der Waals surface area contributed by atoms with Crippen LogP contribution in [0.3, 0.4) is 0 Å². The lowest BCUT2D eigenvalue weighted by atomic mass is 10.0. The largest absolute Gasteiger partial charge is 0.351 e. The number of halogens is 1. The Labute approximate surface area is 196 Å². The van der Waals surface area contributed by atoms with E-state index in [0.29, 0.717) is 23.9 Å². The zero-order valence-corrected chi connectivity index (χ0v) is 19.0. The summed E-state index contributed by atoms with van der Waals surface area (Å²) >= 11 is 7.67. The quantitative estimate of drug-likeness (QED) is 0.375. The maximum atomic E-state index is 12.5. The highest BCUT2D eigenvalue weighted by Crippen LogP contribution is 2.35. The highest BCUT2D eigenvalue weighted by atomic mass is 35.5. The van der Waals surface area contributed by atoms with Gasteiger partial charge >= 0.3 is 0 Å². The Morgan fingerprint density at radius 3 is 2.31 bits per heavy atom. The first-order chi connectivity index (χ1) is 15.7. The Morgan fingerprint density at radius 1 is 0.938 bits per heavy atom. The minimum atomic E-state index is 0.0107. The molecule has 1 N–H and O–H groups in total. The molecule has 0 aliphatic heterocycles. The fraction of sp³-hybridized carbons (Fsp3) is 0.160. The van der Waals surface area contributed by atoms with Crippen LogP contribution in [0.4, 0.5) is 0 Å². The maximum Gasteiger partial charge on any atom is 0.230 e. The summed E-state index contributed by atoms with van der Waals surface area (Å²) in [4.78, 5) is 16.5. The lowest BCUT2D eigenvalue weighted by Crippen LogP contribution is -2.25. The Balaban J connectivity index is 1.32. The van der Waals surface area contributed by atoms with Crippen LogP contribution in [-0.2, 0) is 17.9 Å². The molecule has 1 atom stereocenters. The van der Waals surface area contributed by atoms with Crippen molar-refractivity contribution in [3.05, 3.63) is 119 Å². The summed E-state index contributed by atoms with van der Waals surface area (Å²) in [5.41, 5.74) is 4.48. The van der Waals surface area contributed by atoms with E-state index in [0.717, 1.165) is 22.3 Å². The van der Waals surface area contributed by atoms with Crippen LogP contribution in [0.15, 0.2) is 91.5 Å². The number of hydrogen-bond donors (Lipinski definition) is 1. The van der Waals surface area contributed by atoms with Crippen LogP contribution in [0.25, 0.3) is 0 Å². The third-order valence-electron chi connectivity index (χ3n) is 4.98. The number of amides is 1. The molecule has 3 aromatic carbocycles. The third kappa shape index (κ3) is 6.22. The van der Waals surface area contributed by atoms with Crippen molar-refractivity contribution in [2.24, 2.45) is 0 Å². The van der Waals surface area contributed by atoms with Crippen molar-refractivity contribution < 1.29 is 4.79 Å². The molecular formula is C25H23ClN4OS. The first kappa shape index (κ1) is 22.1. The molecule has 4 aromatic rings. The first-order valence-electron chi connectivity index (χ1n) is 10.3. The van der Waals surface area contributed by atoms with E-state index in [1.807, 2.05) is 66.7 Å². The average molecular weight is 463 g/mol. The second-order valence-corrected chi connectivity index (χ2v) is 8.87. The molecule has 32 heavy (non-hydrogen) atoms. The molecule has 0 saturated carbocycles. The fourth-order valence-electron chi connectivity index (χ4n) is 3.32. The molecule has 162 valence electrons. The molecule has 0 aliphatic carbocycles. The lowest BCUT2D eigenvalue weighted by molar-refractivity contribution is -0.118. The molecule has 0 aliphatic rings. The number of nitrogens with one attached hydrogen (secondary N) is 1. The second kappa shape index (κ2) is 11.0. The normalized spacial score (nSPS) is 11.8. The minimum Gasteiger partial charge on any atom is -0.351 e. The number of nitrogens with zero attached hydrogens (tertiary/aromatic N) is 3. The van der Waals surface area contributed by atoms with Gasteiger partial charge in [0.1, 0.15) is 12.7 Å². The fourth-order valence-corrected chi connectivity index (χ4v) is 4.57. The zero-order valence-electron chi connectivity index (χ0n) is 17.4. The Morgan fingerprint density at radius 2 is 1.62 bits per heavy atom. The van der Waals surface area contributed by atoms with E-state index in [1.54, 1.807) is 22.8 Å². The number of carbonyl (C=O) groups is 1. The molecule has 7 heteroatoms. The highest BCUT2D eigenvalue weighted by Gasteiger charge is 2.16. The number of thioether (sulfide) groups is 1. The van der Waals surface area contributed by atoms with Crippen molar-refractivity contribution in [2.75, 3.05) is 5.75 Å². The standard InChI is InChI=1S/C25H23ClN4OS/c26-23-12-10-22(11-13-23)25(21-4-2-1-3-5-21)32-16-24(31)28-14-19-6-8-20(9-7-19)15-30-18-27-17-29-30/h1-13,17-18,25H,14-16H2,(H,28,31). The van der Waals surface area contributed by atoms with Crippen LogP contribution in [0.1, 0.15) is 27.5 Å². The van der Waals surface area contributed by atoms with Gasteiger partial charge in [0.05, 0.1) is 17.5 Å². The van der Waals surface area contributed by atoms with E-state index in [4.69, 9.17) is 11.6 Å². The van der Waals surface area contributed by atoms with Gasteiger partial charge in [-0.05, 0) is 34.4 Å². The van der Waals surface area contributed by atoms with Gasteiger partial charge in [-0.3, -0.25) is 4.79 Å². The number of rotatable bonds is 9. The summed E-state index contributed by atoms with van der Waals surface area (Å²) in [6.45, 7) is 1.18. The van der Waals surface area contributed by atoms with Crippen molar-refractivity contribution in [1.29, 1.82) is 0 Å². The summed E-state index contributed by atoms with van der Waals surface area (Å²) in [6, 6.07) is 26.2. The van der Waals surface area contributed by atoms with Crippen LogP contribution in [0.2, 0.25) is 5.02 Å². The maximum absolute atomic E-state index is 12.5. The van der Waals surface area contributed by atoms with Crippen LogP contribution < -0.4 is 5.32 Å². The molecule has 0 fully saturated rings. The smallest absolute Gasteiger partial charge is 0.230 e. The van der Waals surface area contributed by atoms with Gasteiger partial charge in [-0.1, -0.05) is 78.3 Å². The molecule has 0 saturated heterocycles. The van der Waals surface area contributed by atoms with Gasteiger partial charge in [-0.2, -0.15) is 5.10 Å². The van der Waals surface area contributed by atoms with E-state index in [1.165, 1.54) is 6.33 Å². The summed E-state index contributed by atoms with van der Waals surface area (Å²) < 4.78 is 1.78. The molecule has 0 spiro atoms. The van der Waals surface area contributed by atoms with Crippen molar-refractivity contribution >= 4 is 29.3 Å². The summed E-state index contributed by atoms with van der Waals surface area (Å²) in [7, 11) is 0. The first-order valence-corrected chi connectivity index (χ1v) is 11.7. The number of hydrogen-bond acceptors (Lipinski definition) is 4. The van der Waals surface area contributed by atoms with E-state index in [2.05, 4.69) is 27.5 Å². The van der Waals surface area contributed by atoms with Crippen LogP contribution in [0, 0.1) is 0 Å². The molecule has 1 unspecified atom stereocenters. The van der Waals surface area contributed by atoms with Crippen molar-refractivity contribution in [2.45, 2.75) is 18.3 Å². The van der Waals surface area contributed by atoms with E-state index < -0.39 is 0 Å². The van der Waals surface area contributed by atoms with Gasteiger partial charge in [0.2, 0.25) is 5.91 Å². The number of aromatic nitrogens is 3. The Hall–Kier alpha value is -3.09. The Bertz CT molecular complexity index is 1120. The monoisotopic (exact) mass is 462 g/mol. The van der Waals surface area contributed by atoms with Crippen LogP contribution in [-0.4, -0.2) is 26.4 Å². The molecular weight excluding hydrogens is 440 g/mol. The third-order valence-corrected chi connectivity index (χ3v) is 6.54. The molecule has 1 heterocycles. The minimum absolute atomic E-state index is 0.0107. The summed E-state index contributed by atoms with van der Waals surface area (Å²) in [5, 5.41) is 7.91. The molecule has 4 rings (SSSR count). The average Bonchev–Trinajstić information content (AvgIpc) is 3.34. The molecule has 1 amide bonds. The second-order valence-electron chi connectivity index (χ2n) is 7.34. The van der Waals surface area contributed by atoms with Crippen molar-refractivity contribution in [3.8, 4) is 0 Å². The van der Waals surface area contributed by atoms with Gasteiger partial charge < -0.3 is 5.32 Å². The molecule has 0 bridgehead atoms. The van der Waals surface area contributed by atoms with E-state index >= 15 is 0 Å². The van der Waals surface area contributed by atoms with Gasteiger partial charge in [0.15, 0.2) is 0 Å². The topological polar surface area (TPSA) is 59.8 Å². The SMILES string of the molecule is O=C(CSC(c1ccccc1)c1ccc(Cl)cc1)NCc1ccc(Cn2cncn2)cc1. The number of carbonyl (C=O) groups excluding carboxylic acids is 1.